The van der Waals surface area contributed by atoms with Crippen molar-refractivity contribution in [3.05, 3.63) is 45.4 Å². The lowest BCUT2D eigenvalue weighted by atomic mass is 9.83. The third kappa shape index (κ3) is 3.30. The van der Waals surface area contributed by atoms with Gasteiger partial charge in [0.15, 0.2) is 5.65 Å². The van der Waals surface area contributed by atoms with Crippen molar-refractivity contribution < 1.29 is 9.53 Å². The van der Waals surface area contributed by atoms with E-state index in [0.717, 1.165) is 54.9 Å². The predicted molar refractivity (Wildman–Crippen MR) is 110 cm³/mol. The molecule has 148 valence electrons. The summed E-state index contributed by atoms with van der Waals surface area (Å²) in [6.45, 7) is 3.05. The molecule has 5 heterocycles. The standard InChI is InChI=1S/C19H21N5O2S.ClH/c25-18(22-11-14-12-2-1-6-21-17(12)24-23-14)16-10-13-15(27-16)3-9-26-19(13)4-7-20-8-5-19;/h1-2,6,10,20H,3-5,7-9,11H2,(H,22,25)(H,21,23,24);1H. The minimum Gasteiger partial charge on any atom is -0.370 e. The molecular formula is C19H22ClN5O2S. The van der Waals surface area contributed by atoms with Crippen molar-refractivity contribution in [1.82, 2.24) is 25.8 Å². The van der Waals surface area contributed by atoms with Gasteiger partial charge in [0.05, 0.1) is 29.3 Å². The maximum atomic E-state index is 12.8. The number of ether oxygens (including phenoxy) is 1. The molecule has 1 saturated heterocycles. The molecule has 0 unspecified atom stereocenters. The van der Waals surface area contributed by atoms with Crippen molar-refractivity contribution in [1.29, 1.82) is 0 Å². The number of pyridine rings is 1. The molecule has 0 atom stereocenters. The number of rotatable bonds is 3. The van der Waals surface area contributed by atoms with Crippen LogP contribution in [0.15, 0.2) is 24.4 Å². The van der Waals surface area contributed by atoms with Crippen molar-refractivity contribution in [3.63, 3.8) is 0 Å². The molecule has 2 aliphatic heterocycles. The number of nitrogens with one attached hydrogen (secondary N) is 3. The third-order valence-electron chi connectivity index (χ3n) is 5.48. The number of carbonyl (C=O) groups excluding carboxylic acids is 1. The Morgan fingerprint density at radius 1 is 1.36 bits per heavy atom. The number of H-pyrrole nitrogens is 1. The van der Waals surface area contributed by atoms with Crippen LogP contribution in [0, 0.1) is 0 Å². The number of hydrogen-bond acceptors (Lipinski definition) is 6. The number of halogens is 1. The summed E-state index contributed by atoms with van der Waals surface area (Å²) >= 11 is 1.60. The Balaban J connectivity index is 0.00000192. The van der Waals surface area contributed by atoms with E-state index < -0.39 is 0 Å². The van der Waals surface area contributed by atoms with Crippen LogP contribution in [0.3, 0.4) is 0 Å². The number of hydrogen-bond donors (Lipinski definition) is 3. The Bertz CT molecular complexity index is 995. The van der Waals surface area contributed by atoms with Gasteiger partial charge in [-0.3, -0.25) is 9.89 Å². The van der Waals surface area contributed by atoms with Crippen LogP contribution in [-0.4, -0.2) is 40.8 Å². The minimum atomic E-state index is -0.209. The largest absolute Gasteiger partial charge is 0.370 e. The molecule has 1 spiro atoms. The Morgan fingerprint density at radius 2 is 2.21 bits per heavy atom. The van der Waals surface area contributed by atoms with Gasteiger partial charge in [-0.05, 0) is 49.7 Å². The highest BCUT2D eigenvalue weighted by molar-refractivity contribution is 7.14. The first-order valence-electron chi connectivity index (χ1n) is 9.29. The summed E-state index contributed by atoms with van der Waals surface area (Å²) < 4.78 is 6.21. The average Bonchev–Trinajstić information content (AvgIpc) is 3.32. The predicted octanol–water partition coefficient (Wildman–Crippen LogP) is 2.52. The van der Waals surface area contributed by atoms with E-state index in [0.29, 0.717) is 12.2 Å². The second-order valence-corrected chi connectivity index (χ2v) is 8.19. The fourth-order valence-corrected chi connectivity index (χ4v) is 5.21. The van der Waals surface area contributed by atoms with Crippen molar-refractivity contribution in [3.8, 4) is 0 Å². The lowest BCUT2D eigenvalue weighted by Gasteiger charge is -2.40. The van der Waals surface area contributed by atoms with Crippen LogP contribution >= 0.6 is 23.7 Å². The summed E-state index contributed by atoms with van der Waals surface area (Å²) in [6, 6.07) is 5.87. The monoisotopic (exact) mass is 419 g/mol. The molecule has 1 fully saturated rings. The third-order valence-corrected chi connectivity index (χ3v) is 6.67. The number of thiophene rings is 1. The number of piperidine rings is 1. The molecule has 0 saturated carbocycles. The summed E-state index contributed by atoms with van der Waals surface area (Å²) in [5.41, 5.74) is 2.55. The van der Waals surface area contributed by atoms with E-state index >= 15 is 0 Å². The van der Waals surface area contributed by atoms with Gasteiger partial charge in [0.1, 0.15) is 0 Å². The number of carbonyl (C=O) groups is 1. The van der Waals surface area contributed by atoms with Gasteiger partial charge in [0.25, 0.3) is 5.91 Å². The summed E-state index contributed by atoms with van der Waals surface area (Å²) in [5.74, 6) is -0.0508. The van der Waals surface area contributed by atoms with E-state index in [9.17, 15) is 4.79 Å². The van der Waals surface area contributed by atoms with Crippen LogP contribution in [0.2, 0.25) is 0 Å². The van der Waals surface area contributed by atoms with E-state index in [1.807, 2.05) is 18.2 Å². The Morgan fingerprint density at radius 3 is 3.07 bits per heavy atom. The first-order valence-corrected chi connectivity index (χ1v) is 10.1. The average molecular weight is 420 g/mol. The molecule has 2 aliphatic rings. The van der Waals surface area contributed by atoms with Gasteiger partial charge in [-0.2, -0.15) is 5.10 Å². The van der Waals surface area contributed by atoms with Gasteiger partial charge in [-0.1, -0.05) is 0 Å². The topological polar surface area (TPSA) is 91.9 Å². The number of aromatic amines is 1. The van der Waals surface area contributed by atoms with Crippen molar-refractivity contribution >= 4 is 40.7 Å². The lowest BCUT2D eigenvalue weighted by molar-refractivity contribution is -0.0792. The Hall–Kier alpha value is -2.00. The fourth-order valence-electron chi connectivity index (χ4n) is 4.07. The van der Waals surface area contributed by atoms with Gasteiger partial charge in [-0.25, -0.2) is 4.98 Å². The second-order valence-electron chi connectivity index (χ2n) is 7.05. The highest BCUT2D eigenvalue weighted by Gasteiger charge is 2.40. The molecule has 9 heteroatoms. The van der Waals surface area contributed by atoms with Crippen LogP contribution in [0.1, 0.15) is 38.6 Å². The molecule has 0 bridgehead atoms. The fraction of sp³-hybridized carbons (Fsp3) is 0.421. The number of aromatic nitrogens is 3. The zero-order valence-electron chi connectivity index (χ0n) is 15.3. The lowest BCUT2D eigenvalue weighted by Crippen LogP contribution is -2.44. The van der Waals surface area contributed by atoms with Gasteiger partial charge >= 0.3 is 0 Å². The van der Waals surface area contributed by atoms with Gasteiger partial charge < -0.3 is 15.4 Å². The zero-order valence-corrected chi connectivity index (χ0v) is 16.9. The number of amides is 1. The van der Waals surface area contributed by atoms with Crippen molar-refractivity contribution in [2.24, 2.45) is 0 Å². The van der Waals surface area contributed by atoms with Gasteiger partial charge in [0.2, 0.25) is 0 Å². The smallest absolute Gasteiger partial charge is 0.261 e. The summed E-state index contributed by atoms with van der Waals surface area (Å²) in [7, 11) is 0. The molecule has 3 aromatic rings. The van der Waals surface area contributed by atoms with E-state index in [-0.39, 0.29) is 23.9 Å². The van der Waals surface area contributed by atoms with E-state index in [1.165, 1.54) is 10.4 Å². The highest BCUT2D eigenvalue weighted by atomic mass is 35.5. The van der Waals surface area contributed by atoms with Gasteiger partial charge in [-0.15, -0.1) is 23.7 Å². The SMILES string of the molecule is Cl.O=C(NCc1[nH]nc2ncccc12)c1cc2c(s1)CCOC21CCNCC1. The molecule has 3 N–H and O–H groups in total. The highest BCUT2D eigenvalue weighted by Crippen LogP contribution is 2.43. The molecule has 7 nitrogen and oxygen atoms in total. The molecule has 0 radical (unpaired) electrons. The van der Waals surface area contributed by atoms with Crippen LogP contribution < -0.4 is 10.6 Å². The Labute approximate surface area is 172 Å². The summed E-state index contributed by atoms with van der Waals surface area (Å²) in [6.07, 6.45) is 4.52. The maximum absolute atomic E-state index is 12.8. The normalized spacial score (nSPS) is 17.9. The maximum Gasteiger partial charge on any atom is 0.261 e. The first kappa shape index (κ1) is 19.3. The van der Waals surface area contributed by atoms with Crippen LogP contribution in [0.5, 0.6) is 0 Å². The molecule has 5 rings (SSSR count). The number of nitrogens with zero attached hydrogens (tertiary/aromatic N) is 2. The Kier molecular flexibility index (Phi) is 5.37. The number of fused-ring (bicyclic) bond motifs is 3. The molecule has 0 aromatic carbocycles. The van der Waals surface area contributed by atoms with Crippen LogP contribution in [-0.2, 0) is 23.3 Å². The molecular weight excluding hydrogens is 398 g/mol. The summed E-state index contributed by atoms with van der Waals surface area (Å²) in [5, 5.41) is 14.5. The van der Waals surface area contributed by atoms with E-state index in [4.69, 9.17) is 4.74 Å². The quantitative estimate of drug-likeness (QED) is 0.606. The zero-order chi connectivity index (χ0) is 18.3. The molecule has 1 amide bonds. The first-order chi connectivity index (χ1) is 13.3. The molecule has 0 aliphatic carbocycles. The van der Waals surface area contributed by atoms with Crippen LogP contribution in [0.4, 0.5) is 0 Å². The second kappa shape index (κ2) is 7.79. The summed E-state index contributed by atoms with van der Waals surface area (Å²) in [4.78, 5) is 19.0. The van der Waals surface area contributed by atoms with Crippen molar-refractivity contribution in [2.45, 2.75) is 31.4 Å². The van der Waals surface area contributed by atoms with E-state index in [1.54, 1.807) is 17.5 Å². The van der Waals surface area contributed by atoms with Gasteiger partial charge in [0, 0.05) is 22.9 Å². The van der Waals surface area contributed by atoms with Crippen molar-refractivity contribution in [2.75, 3.05) is 19.7 Å². The molecule has 3 aromatic heterocycles. The minimum absolute atomic E-state index is 0. The van der Waals surface area contributed by atoms with Crippen LogP contribution in [0.25, 0.3) is 11.0 Å². The van der Waals surface area contributed by atoms with E-state index in [2.05, 4.69) is 25.8 Å². The molecule has 28 heavy (non-hydrogen) atoms.